The SMILES string of the molecule is Cc1cccc(-c2ccc(-c3c(C4CCCCC4)c4ccc(C(=O)O)cc4n3CC(=O)N3CCOCC3)cc2)c1. The number of carbonyl (C=O) groups excluding carboxylic acids is 1. The summed E-state index contributed by atoms with van der Waals surface area (Å²) in [5, 5.41) is 10.9. The number of hydrogen-bond acceptors (Lipinski definition) is 3. The third-order valence-corrected chi connectivity index (χ3v) is 8.53. The van der Waals surface area contributed by atoms with Crippen LogP contribution < -0.4 is 0 Å². The van der Waals surface area contributed by atoms with Gasteiger partial charge in [0.2, 0.25) is 5.91 Å². The van der Waals surface area contributed by atoms with Crippen LogP contribution in [0.1, 0.15) is 59.5 Å². The molecule has 6 nitrogen and oxygen atoms in total. The van der Waals surface area contributed by atoms with Crippen molar-refractivity contribution in [1.82, 2.24) is 9.47 Å². The van der Waals surface area contributed by atoms with Crippen LogP contribution in [-0.4, -0.2) is 52.8 Å². The summed E-state index contributed by atoms with van der Waals surface area (Å²) in [6.07, 6.45) is 5.82. The monoisotopic (exact) mass is 536 g/mol. The third kappa shape index (κ3) is 5.16. The van der Waals surface area contributed by atoms with Crippen molar-refractivity contribution >= 4 is 22.8 Å². The van der Waals surface area contributed by atoms with Crippen molar-refractivity contribution in [3.05, 3.63) is 83.4 Å². The molecule has 0 unspecified atom stereocenters. The van der Waals surface area contributed by atoms with Crippen LogP contribution in [0.2, 0.25) is 0 Å². The lowest BCUT2D eigenvalue weighted by molar-refractivity contribution is -0.135. The fraction of sp³-hybridized carbons (Fsp3) is 0.353. The molecule has 1 aliphatic heterocycles. The molecule has 3 aromatic carbocycles. The van der Waals surface area contributed by atoms with Gasteiger partial charge in [-0.15, -0.1) is 0 Å². The predicted molar refractivity (Wildman–Crippen MR) is 158 cm³/mol. The molecule has 1 saturated heterocycles. The van der Waals surface area contributed by atoms with Gasteiger partial charge in [0.1, 0.15) is 6.54 Å². The average Bonchev–Trinajstić information content (AvgIpc) is 3.31. The molecule has 206 valence electrons. The molecule has 2 heterocycles. The van der Waals surface area contributed by atoms with Gasteiger partial charge in [-0.2, -0.15) is 0 Å². The normalized spacial score (nSPS) is 16.4. The highest BCUT2D eigenvalue weighted by atomic mass is 16.5. The van der Waals surface area contributed by atoms with E-state index in [0.29, 0.717) is 32.2 Å². The van der Waals surface area contributed by atoms with E-state index in [4.69, 9.17) is 4.74 Å². The molecule has 1 N–H and O–H groups in total. The van der Waals surface area contributed by atoms with Crippen LogP contribution in [0.3, 0.4) is 0 Å². The predicted octanol–water partition coefficient (Wildman–Crippen LogP) is 6.89. The van der Waals surface area contributed by atoms with Gasteiger partial charge in [-0.05, 0) is 60.1 Å². The van der Waals surface area contributed by atoms with E-state index in [1.54, 1.807) is 12.1 Å². The fourth-order valence-electron chi connectivity index (χ4n) is 6.48. The summed E-state index contributed by atoms with van der Waals surface area (Å²) in [5.41, 5.74) is 7.95. The summed E-state index contributed by atoms with van der Waals surface area (Å²) in [6.45, 7) is 4.51. The van der Waals surface area contributed by atoms with E-state index in [0.717, 1.165) is 40.6 Å². The summed E-state index contributed by atoms with van der Waals surface area (Å²) in [5.74, 6) is -0.552. The first kappa shape index (κ1) is 26.3. The average molecular weight is 537 g/mol. The number of carboxylic acids is 1. The number of hydrogen-bond donors (Lipinski definition) is 1. The van der Waals surface area contributed by atoms with Crippen molar-refractivity contribution in [2.45, 2.75) is 51.5 Å². The number of carbonyl (C=O) groups is 2. The molecule has 6 heteroatoms. The molecule has 1 saturated carbocycles. The highest BCUT2D eigenvalue weighted by Crippen LogP contribution is 2.44. The number of fused-ring (bicyclic) bond motifs is 1. The van der Waals surface area contributed by atoms with Crippen LogP contribution in [0.5, 0.6) is 0 Å². The lowest BCUT2D eigenvalue weighted by atomic mass is 9.81. The van der Waals surface area contributed by atoms with Crippen molar-refractivity contribution in [3.63, 3.8) is 0 Å². The minimum absolute atomic E-state index is 0.0359. The van der Waals surface area contributed by atoms with Gasteiger partial charge in [0, 0.05) is 18.5 Å². The van der Waals surface area contributed by atoms with E-state index in [-0.39, 0.29) is 18.0 Å². The van der Waals surface area contributed by atoms with Gasteiger partial charge in [-0.3, -0.25) is 4.79 Å². The van der Waals surface area contributed by atoms with Gasteiger partial charge in [0.05, 0.1) is 30.0 Å². The maximum atomic E-state index is 13.6. The second-order valence-electron chi connectivity index (χ2n) is 11.2. The van der Waals surface area contributed by atoms with Gasteiger partial charge < -0.3 is 19.3 Å². The Labute approximate surface area is 235 Å². The van der Waals surface area contributed by atoms with E-state index in [9.17, 15) is 14.7 Å². The largest absolute Gasteiger partial charge is 0.478 e. The Kier molecular flexibility index (Phi) is 7.44. The number of carboxylic acid groups (broad SMARTS) is 1. The zero-order chi connectivity index (χ0) is 27.6. The third-order valence-electron chi connectivity index (χ3n) is 8.53. The van der Waals surface area contributed by atoms with Crippen LogP contribution in [0.15, 0.2) is 66.7 Å². The zero-order valence-electron chi connectivity index (χ0n) is 23.1. The van der Waals surface area contributed by atoms with Gasteiger partial charge in [0.15, 0.2) is 0 Å². The Morgan fingerprint density at radius 2 is 1.60 bits per heavy atom. The number of benzene rings is 3. The van der Waals surface area contributed by atoms with Crippen LogP contribution in [-0.2, 0) is 16.1 Å². The minimum atomic E-state index is -0.961. The second kappa shape index (κ2) is 11.3. The van der Waals surface area contributed by atoms with Crippen LogP contribution in [0.25, 0.3) is 33.3 Å². The number of amides is 1. The topological polar surface area (TPSA) is 71.8 Å². The van der Waals surface area contributed by atoms with Gasteiger partial charge >= 0.3 is 5.97 Å². The fourth-order valence-corrected chi connectivity index (χ4v) is 6.48. The maximum absolute atomic E-state index is 13.6. The number of aromatic carboxylic acids is 1. The van der Waals surface area contributed by atoms with Gasteiger partial charge in [0.25, 0.3) is 0 Å². The molecule has 1 aliphatic carbocycles. The standard InChI is InChI=1S/C34H36N2O4/c1-23-6-5-9-27(20-23)24-10-12-26(13-11-24)33-32(25-7-3-2-4-8-25)29-15-14-28(34(38)39)21-30(29)36(33)22-31(37)35-16-18-40-19-17-35/h5-6,9-15,20-21,25H,2-4,7-8,16-19,22H2,1H3,(H,38,39). The maximum Gasteiger partial charge on any atom is 0.335 e. The molecular formula is C34H36N2O4. The van der Waals surface area contributed by atoms with E-state index >= 15 is 0 Å². The zero-order valence-corrected chi connectivity index (χ0v) is 23.1. The number of rotatable bonds is 6. The molecule has 0 bridgehead atoms. The highest BCUT2D eigenvalue weighted by molar-refractivity contribution is 5.99. The lowest BCUT2D eigenvalue weighted by Crippen LogP contribution is -2.42. The Morgan fingerprint density at radius 3 is 2.30 bits per heavy atom. The number of nitrogens with zero attached hydrogens (tertiary/aromatic N) is 2. The van der Waals surface area contributed by atoms with Crippen molar-refractivity contribution in [1.29, 1.82) is 0 Å². The molecule has 2 fully saturated rings. The summed E-state index contributed by atoms with van der Waals surface area (Å²) in [4.78, 5) is 27.5. The van der Waals surface area contributed by atoms with Crippen molar-refractivity contribution in [3.8, 4) is 22.4 Å². The summed E-state index contributed by atoms with van der Waals surface area (Å²) in [6, 6.07) is 22.5. The molecule has 0 radical (unpaired) electrons. The molecule has 1 aromatic heterocycles. The first-order chi connectivity index (χ1) is 19.5. The van der Waals surface area contributed by atoms with Crippen molar-refractivity contribution in [2.24, 2.45) is 0 Å². The highest BCUT2D eigenvalue weighted by Gasteiger charge is 2.29. The summed E-state index contributed by atoms with van der Waals surface area (Å²) in [7, 11) is 0. The second-order valence-corrected chi connectivity index (χ2v) is 11.2. The number of ether oxygens (including phenoxy) is 1. The first-order valence-electron chi connectivity index (χ1n) is 14.4. The minimum Gasteiger partial charge on any atom is -0.478 e. The first-order valence-corrected chi connectivity index (χ1v) is 14.4. The Balaban J connectivity index is 1.52. The Morgan fingerprint density at radius 1 is 0.875 bits per heavy atom. The molecular weight excluding hydrogens is 500 g/mol. The van der Waals surface area contributed by atoms with Gasteiger partial charge in [-0.1, -0.05) is 79.4 Å². The quantitative estimate of drug-likeness (QED) is 0.291. The molecule has 40 heavy (non-hydrogen) atoms. The van der Waals surface area contributed by atoms with E-state index in [1.807, 2.05) is 11.0 Å². The molecule has 0 atom stereocenters. The Bertz CT molecular complexity index is 1540. The molecule has 2 aliphatic rings. The van der Waals surface area contributed by atoms with E-state index in [2.05, 4.69) is 60.0 Å². The Hall–Kier alpha value is -3.90. The lowest BCUT2D eigenvalue weighted by Gasteiger charge is -2.28. The van der Waals surface area contributed by atoms with Crippen molar-refractivity contribution < 1.29 is 19.4 Å². The molecule has 4 aromatic rings. The van der Waals surface area contributed by atoms with Gasteiger partial charge in [-0.25, -0.2) is 4.79 Å². The number of morpholine rings is 1. The summed E-state index contributed by atoms with van der Waals surface area (Å²) >= 11 is 0. The summed E-state index contributed by atoms with van der Waals surface area (Å²) < 4.78 is 7.57. The van der Waals surface area contributed by atoms with E-state index < -0.39 is 5.97 Å². The molecule has 1 amide bonds. The van der Waals surface area contributed by atoms with Crippen LogP contribution >= 0.6 is 0 Å². The molecule has 0 spiro atoms. The molecule has 6 rings (SSSR count). The van der Waals surface area contributed by atoms with Crippen LogP contribution in [0.4, 0.5) is 0 Å². The number of aromatic nitrogens is 1. The van der Waals surface area contributed by atoms with E-state index in [1.165, 1.54) is 36.0 Å². The van der Waals surface area contributed by atoms with Crippen LogP contribution in [0, 0.1) is 6.92 Å². The smallest absolute Gasteiger partial charge is 0.335 e. The number of aryl methyl sites for hydroxylation is 1. The van der Waals surface area contributed by atoms with Crippen molar-refractivity contribution in [2.75, 3.05) is 26.3 Å².